The molecular formula is C20H20ClN3O2S. The summed E-state index contributed by atoms with van der Waals surface area (Å²) >= 11 is 7.38. The zero-order valence-electron chi connectivity index (χ0n) is 15.1. The maximum atomic E-state index is 12.8. The van der Waals surface area contributed by atoms with Crippen LogP contribution in [-0.2, 0) is 11.3 Å². The minimum atomic E-state index is -0.447. The van der Waals surface area contributed by atoms with Crippen molar-refractivity contribution >= 4 is 45.9 Å². The number of nitrogens with one attached hydrogen (secondary N) is 1. The summed E-state index contributed by atoms with van der Waals surface area (Å²) in [5, 5.41) is 3.99. The summed E-state index contributed by atoms with van der Waals surface area (Å²) in [4.78, 5) is 30.0. The number of carbonyl (C=O) groups excluding carboxylic acids is 1. The maximum Gasteiger partial charge on any atom is 0.262 e. The summed E-state index contributed by atoms with van der Waals surface area (Å²) < 4.78 is 1.65. The molecule has 0 aliphatic heterocycles. The Morgan fingerprint density at radius 3 is 2.67 bits per heavy atom. The van der Waals surface area contributed by atoms with E-state index in [1.54, 1.807) is 35.8 Å². The van der Waals surface area contributed by atoms with Gasteiger partial charge in [-0.05, 0) is 37.6 Å². The molecule has 0 bridgehead atoms. The van der Waals surface area contributed by atoms with Crippen LogP contribution >= 0.6 is 23.4 Å². The van der Waals surface area contributed by atoms with Crippen molar-refractivity contribution in [1.29, 1.82) is 0 Å². The summed E-state index contributed by atoms with van der Waals surface area (Å²) in [7, 11) is 0. The Balaban J connectivity index is 1.88. The molecule has 140 valence electrons. The number of aromatic nitrogens is 2. The van der Waals surface area contributed by atoms with E-state index in [0.717, 1.165) is 6.42 Å². The molecule has 1 amide bonds. The second kappa shape index (κ2) is 8.59. The SMILES string of the molecule is CCCn1c(SC(C)C(=O)Nc2ccccc2Cl)nc2ccccc2c1=O. The molecule has 3 aromatic rings. The second-order valence-electron chi connectivity index (χ2n) is 6.10. The van der Waals surface area contributed by atoms with Gasteiger partial charge in [-0.25, -0.2) is 4.98 Å². The molecule has 0 aliphatic carbocycles. The Morgan fingerprint density at radius 2 is 1.93 bits per heavy atom. The lowest BCUT2D eigenvalue weighted by molar-refractivity contribution is -0.115. The van der Waals surface area contributed by atoms with Crippen LogP contribution < -0.4 is 10.9 Å². The molecule has 0 saturated carbocycles. The van der Waals surface area contributed by atoms with Gasteiger partial charge in [0.05, 0.1) is 26.9 Å². The van der Waals surface area contributed by atoms with Gasteiger partial charge in [0.25, 0.3) is 5.56 Å². The molecule has 2 aromatic carbocycles. The van der Waals surface area contributed by atoms with Crippen LogP contribution in [0, 0.1) is 0 Å². The average Bonchev–Trinajstić information content (AvgIpc) is 2.66. The molecule has 3 rings (SSSR count). The van der Waals surface area contributed by atoms with Crippen molar-refractivity contribution in [3.05, 3.63) is 63.9 Å². The Hall–Kier alpha value is -2.31. The lowest BCUT2D eigenvalue weighted by Gasteiger charge is -2.16. The van der Waals surface area contributed by atoms with Crippen LogP contribution in [0.25, 0.3) is 10.9 Å². The Kier molecular flexibility index (Phi) is 6.19. The van der Waals surface area contributed by atoms with Gasteiger partial charge in [-0.1, -0.05) is 54.6 Å². The predicted octanol–water partition coefficient (Wildman–Crippen LogP) is 4.58. The lowest BCUT2D eigenvalue weighted by atomic mass is 10.2. The van der Waals surface area contributed by atoms with Crippen molar-refractivity contribution in [2.75, 3.05) is 5.32 Å². The monoisotopic (exact) mass is 401 g/mol. The van der Waals surface area contributed by atoms with Crippen LogP contribution in [0.5, 0.6) is 0 Å². The Bertz CT molecular complexity index is 1040. The number of hydrogen-bond acceptors (Lipinski definition) is 4. The van der Waals surface area contributed by atoms with Gasteiger partial charge in [-0.2, -0.15) is 0 Å². The number of carbonyl (C=O) groups is 1. The first-order valence-electron chi connectivity index (χ1n) is 8.73. The number of amides is 1. The fraction of sp³-hybridized carbons (Fsp3) is 0.250. The molecule has 0 aliphatic rings. The number of nitrogens with zero attached hydrogens (tertiary/aromatic N) is 2. The van der Waals surface area contributed by atoms with Crippen LogP contribution in [0.1, 0.15) is 20.3 Å². The highest BCUT2D eigenvalue weighted by molar-refractivity contribution is 8.00. The van der Waals surface area contributed by atoms with E-state index < -0.39 is 5.25 Å². The molecule has 27 heavy (non-hydrogen) atoms. The van der Waals surface area contributed by atoms with Crippen molar-refractivity contribution in [3.63, 3.8) is 0 Å². The molecule has 1 aromatic heterocycles. The molecule has 7 heteroatoms. The summed E-state index contributed by atoms with van der Waals surface area (Å²) in [5.74, 6) is -0.196. The quantitative estimate of drug-likeness (QED) is 0.485. The second-order valence-corrected chi connectivity index (χ2v) is 7.81. The topological polar surface area (TPSA) is 64.0 Å². The third-order valence-corrected chi connectivity index (χ3v) is 5.48. The zero-order chi connectivity index (χ0) is 19.4. The summed E-state index contributed by atoms with van der Waals surface area (Å²) in [6.45, 7) is 4.34. The van der Waals surface area contributed by atoms with Crippen LogP contribution in [0.15, 0.2) is 58.5 Å². The number of rotatable bonds is 6. The van der Waals surface area contributed by atoms with E-state index in [-0.39, 0.29) is 11.5 Å². The van der Waals surface area contributed by atoms with E-state index in [1.165, 1.54) is 11.8 Å². The first-order chi connectivity index (χ1) is 13.0. The van der Waals surface area contributed by atoms with Crippen LogP contribution in [0.3, 0.4) is 0 Å². The fourth-order valence-corrected chi connectivity index (χ4v) is 3.78. The van der Waals surface area contributed by atoms with Gasteiger partial charge >= 0.3 is 0 Å². The first kappa shape index (κ1) is 19.5. The van der Waals surface area contributed by atoms with Crippen LogP contribution in [0.4, 0.5) is 5.69 Å². The highest BCUT2D eigenvalue weighted by Gasteiger charge is 2.20. The Morgan fingerprint density at radius 1 is 1.22 bits per heavy atom. The zero-order valence-corrected chi connectivity index (χ0v) is 16.7. The van der Waals surface area contributed by atoms with Crippen molar-refractivity contribution in [1.82, 2.24) is 9.55 Å². The summed E-state index contributed by atoms with van der Waals surface area (Å²) in [6, 6.07) is 14.3. The standard InChI is InChI=1S/C20H20ClN3O2S/c1-3-12-24-19(26)14-8-4-6-10-16(14)23-20(24)27-13(2)18(25)22-17-11-7-5-9-15(17)21/h4-11,13H,3,12H2,1-2H3,(H,22,25). The molecule has 1 N–H and O–H groups in total. The van der Waals surface area contributed by atoms with Gasteiger partial charge in [0.15, 0.2) is 5.16 Å². The number of thioether (sulfide) groups is 1. The van der Waals surface area contributed by atoms with Crippen molar-refractivity contribution < 1.29 is 4.79 Å². The lowest BCUT2D eigenvalue weighted by Crippen LogP contribution is -2.27. The van der Waals surface area contributed by atoms with Gasteiger partial charge in [-0.15, -0.1) is 0 Å². The maximum absolute atomic E-state index is 12.8. The van der Waals surface area contributed by atoms with E-state index in [4.69, 9.17) is 11.6 Å². The van der Waals surface area contributed by atoms with Crippen molar-refractivity contribution in [2.45, 2.75) is 37.2 Å². The molecule has 0 spiro atoms. The Labute approximate surface area is 166 Å². The van der Waals surface area contributed by atoms with Crippen molar-refractivity contribution in [3.8, 4) is 0 Å². The number of fused-ring (bicyclic) bond motifs is 1. The number of hydrogen-bond donors (Lipinski definition) is 1. The minimum absolute atomic E-state index is 0.0799. The van der Waals surface area contributed by atoms with E-state index in [0.29, 0.717) is 33.3 Å². The number of halogens is 1. The molecule has 0 saturated heterocycles. The van der Waals surface area contributed by atoms with Crippen LogP contribution in [0.2, 0.25) is 5.02 Å². The summed E-state index contributed by atoms with van der Waals surface area (Å²) in [6.07, 6.45) is 0.799. The van der Waals surface area contributed by atoms with Gasteiger partial charge in [-0.3, -0.25) is 14.2 Å². The minimum Gasteiger partial charge on any atom is -0.324 e. The largest absolute Gasteiger partial charge is 0.324 e. The first-order valence-corrected chi connectivity index (χ1v) is 9.98. The highest BCUT2D eigenvalue weighted by Crippen LogP contribution is 2.26. The predicted molar refractivity (Wildman–Crippen MR) is 112 cm³/mol. The van der Waals surface area contributed by atoms with Gasteiger partial charge in [0.2, 0.25) is 5.91 Å². The number of anilines is 1. The third kappa shape index (κ3) is 4.34. The molecule has 0 fully saturated rings. The smallest absolute Gasteiger partial charge is 0.262 e. The molecule has 0 radical (unpaired) electrons. The van der Waals surface area contributed by atoms with E-state index in [2.05, 4.69) is 10.3 Å². The normalized spacial score (nSPS) is 12.1. The highest BCUT2D eigenvalue weighted by atomic mass is 35.5. The van der Waals surface area contributed by atoms with Gasteiger partial charge in [0.1, 0.15) is 0 Å². The van der Waals surface area contributed by atoms with Gasteiger partial charge < -0.3 is 5.32 Å². The third-order valence-electron chi connectivity index (χ3n) is 4.06. The van der Waals surface area contributed by atoms with E-state index in [1.807, 2.05) is 31.2 Å². The van der Waals surface area contributed by atoms with E-state index >= 15 is 0 Å². The summed E-state index contributed by atoms with van der Waals surface area (Å²) in [5.41, 5.74) is 1.12. The number of benzene rings is 2. The van der Waals surface area contributed by atoms with Crippen molar-refractivity contribution in [2.24, 2.45) is 0 Å². The molecular weight excluding hydrogens is 382 g/mol. The molecule has 5 nitrogen and oxygen atoms in total. The molecule has 1 atom stereocenters. The van der Waals surface area contributed by atoms with Crippen LogP contribution in [-0.4, -0.2) is 20.7 Å². The average molecular weight is 402 g/mol. The fourth-order valence-electron chi connectivity index (χ4n) is 2.67. The number of para-hydroxylation sites is 2. The van der Waals surface area contributed by atoms with E-state index in [9.17, 15) is 9.59 Å². The van der Waals surface area contributed by atoms with Gasteiger partial charge in [0, 0.05) is 6.54 Å². The molecule has 1 unspecified atom stereocenters. The molecule has 1 heterocycles.